The molecular formula is C9H11ClN2O2S3. The Hall–Kier alpha value is 0.0200. The number of nitrogens with zero attached hydrogens (tertiary/aromatic N) is 2. The summed E-state index contributed by atoms with van der Waals surface area (Å²) in [6, 6.07) is 1.83. The van der Waals surface area contributed by atoms with Gasteiger partial charge in [0.1, 0.15) is 4.58 Å². The molecule has 4 nitrogen and oxygen atoms in total. The molecule has 0 saturated carbocycles. The average Bonchev–Trinajstić information content (AvgIpc) is 2.78. The lowest BCUT2D eigenvalue weighted by atomic mass is 10.2. The van der Waals surface area contributed by atoms with E-state index in [1.807, 2.05) is 12.3 Å². The molecule has 0 N–H and O–H groups in total. The Morgan fingerprint density at radius 1 is 1.53 bits per heavy atom. The Bertz CT molecular complexity index is 509. The fraction of sp³-hybridized carbons (Fsp3) is 0.556. The summed E-state index contributed by atoms with van der Waals surface area (Å²) in [4.78, 5) is 8.48. The molecule has 2 atom stereocenters. The first-order chi connectivity index (χ1) is 8.00. The molecule has 0 bridgehead atoms. The number of rotatable bonds is 3. The number of thioether (sulfide) groups is 2. The van der Waals surface area contributed by atoms with Crippen LogP contribution in [0.25, 0.3) is 0 Å². The lowest BCUT2D eigenvalue weighted by Crippen LogP contribution is -2.06. The Labute approximate surface area is 113 Å². The first-order valence-corrected chi connectivity index (χ1v) is 9.50. The highest BCUT2D eigenvalue weighted by Crippen LogP contribution is 2.47. The van der Waals surface area contributed by atoms with Crippen molar-refractivity contribution in [1.82, 2.24) is 9.97 Å². The molecule has 1 fully saturated rings. The van der Waals surface area contributed by atoms with E-state index >= 15 is 0 Å². The first kappa shape index (κ1) is 13.5. The molecule has 17 heavy (non-hydrogen) atoms. The fourth-order valence-electron chi connectivity index (χ4n) is 1.66. The summed E-state index contributed by atoms with van der Waals surface area (Å²) in [6.45, 7) is 0. The Morgan fingerprint density at radius 2 is 2.29 bits per heavy atom. The van der Waals surface area contributed by atoms with Crippen molar-refractivity contribution in [3.05, 3.63) is 18.0 Å². The highest BCUT2D eigenvalue weighted by molar-refractivity contribution is 8.24. The minimum Gasteiger partial charge on any atom is -0.231 e. The minimum atomic E-state index is -3.47. The third-order valence-corrected chi connectivity index (χ3v) is 7.29. The number of hydrogen-bond acceptors (Lipinski definition) is 6. The summed E-state index contributed by atoms with van der Waals surface area (Å²) >= 11 is 2.84. The van der Waals surface area contributed by atoms with Gasteiger partial charge in [0, 0.05) is 22.1 Å². The van der Waals surface area contributed by atoms with Gasteiger partial charge in [-0.25, -0.2) is 18.4 Å². The zero-order valence-corrected chi connectivity index (χ0v) is 12.2. The van der Waals surface area contributed by atoms with E-state index in [2.05, 4.69) is 9.97 Å². The number of halogens is 1. The van der Waals surface area contributed by atoms with Crippen LogP contribution in [-0.2, 0) is 9.05 Å². The molecule has 0 amide bonds. The van der Waals surface area contributed by atoms with Crippen LogP contribution in [0, 0.1) is 0 Å². The van der Waals surface area contributed by atoms with E-state index in [1.54, 1.807) is 6.20 Å². The lowest BCUT2D eigenvalue weighted by Gasteiger charge is -2.09. The standard InChI is InChI=1S/C9H11ClN2O2S3/c1-15-9-11-5-4-6(12-9)7-2-3-8(16-7)17(10,13)14/h4-5,7-8H,2-3H2,1H3. The van der Waals surface area contributed by atoms with E-state index < -0.39 is 13.6 Å². The average molecular weight is 311 g/mol. The quantitative estimate of drug-likeness (QED) is 0.486. The number of aromatic nitrogens is 2. The van der Waals surface area contributed by atoms with Crippen LogP contribution in [0.5, 0.6) is 0 Å². The molecule has 0 spiro atoms. The Kier molecular flexibility index (Phi) is 4.22. The smallest absolute Gasteiger partial charge is 0.231 e. The molecule has 1 aliphatic heterocycles. The molecule has 0 aromatic carbocycles. The van der Waals surface area contributed by atoms with Gasteiger partial charge in [-0.05, 0) is 25.2 Å². The van der Waals surface area contributed by atoms with E-state index in [-0.39, 0.29) is 5.25 Å². The molecule has 1 saturated heterocycles. The van der Waals surface area contributed by atoms with Gasteiger partial charge in [-0.2, -0.15) is 0 Å². The van der Waals surface area contributed by atoms with Crippen LogP contribution >= 0.6 is 34.2 Å². The Morgan fingerprint density at radius 3 is 2.88 bits per heavy atom. The maximum atomic E-state index is 11.2. The van der Waals surface area contributed by atoms with Crippen molar-refractivity contribution < 1.29 is 8.42 Å². The molecule has 94 valence electrons. The third kappa shape index (κ3) is 3.27. The van der Waals surface area contributed by atoms with Crippen LogP contribution in [0.4, 0.5) is 0 Å². The molecule has 2 heterocycles. The minimum absolute atomic E-state index is 0.0995. The monoisotopic (exact) mass is 310 g/mol. The Balaban J connectivity index is 2.15. The molecule has 2 rings (SSSR count). The second-order valence-corrected chi connectivity index (χ2v) is 8.87. The first-order valence-electron chi connectivity index (χ1n) is 4.96. The highest BCUT2D eigenvalue weighted by atomic mass is 35.7. The normalized spacial score (nSPS) is 25.1. The molecule has 1 aromatic heterocycles. The van der Waals surface area contributed by atoms with Crippen LogP contribution < -0.4 is 0 Å². The van der Waals surface area contributed by atoms with Gasteiger partial charge in [0.15, 0.2) is 5.16 Å². The molecule has 2 unspecified atom stereocenters. The van der Waals surface area contributed by atoms with E-state index in [4.69, 9.17) is 10.7 Å². The van der Waals surface area contributed by atoms with Gasteiger partial charge in [0.25, 0.3) is 0 Å². The van der Waals surface area contributed by atoms with Crippen LogP contribution in [0.15, 0.2) is 17.4 Å². The van der Waals surface area contributed by atoms with Crippen molar-refractivity contribution in [3.63, 3.8) is 0 Å². The zero-order chi connectivity index (χ0) is 12.5. The predicted molar refractivity (Wildman–Crippen MR) is 71.9 cm³/mol. The summed E-state index contributed by atoms with van der Waals surface area (Å²) in [6.07, 6.45) is 4.98. The molecule has 0 aliphatic carbocycles. The summed E-state index contributed by atoms with van der Waals surface area (Å²) in [5, 5.41) is 0.808. The zero-order valence-electron chi connectivity index (χ0n) is 9.04. The highest BCUT2D eigenvalue weighted by Gasteiger charge is 2.35. The van der Waals surface area contributed by atoms with Crippen LogP contribution in [0.3, 0.4) is 0 Å². The van der Waals surface area contributed by atoms with E-state index in [0.717, 1.165) is 12.1 Å². The van der Waals surface area contributed by atoms with Crippen molar-refractivity contribution in [2.24, 2.45) is 0 Å². The second-order valence-electron chi connectivity index (χ2n) is 3.58. The van der Waals surface area contributed by atoms with Gasteiger partial charge in [0.05, 0.1) is 5.69 Å². The van der Waals surface area contributed by atoms with Gasteiger partial charge in [-0.3, -0.25) is 0 Å². The largest absolute Gasteiger partial charge is 0.244 e. The third-order valence-electron chi connectivity index (χ3n) is 2.46. The van der Waals surface area contributed by atoms with Gasteiger partial charge in [-0.1, -0.05) is 11.8 Å². The molecule has 8 heteroatoms. The molecule has 0 radical (unpaired) electrons. The SMILES string of the molecule is CSc1nccc(C2CCC(S(=O)(=O)Cl)S2)n1. The summed E-state index contributed by atoms with van der Waals surface area (Å²) in [5.41, 5.74) is 0.886. The van der Waals surface area contributed by atoms with Crippen molar-refractivity contribution in [2.45, 2.75) is 27.8 Å². The second kappa shape index (κ2) is 5.34. The van der Waals surface area contributed by atoms with E-state index in [0.29, 0.717) is 11.6 Å². The lowest BCUT2D eigenvalue weighted by molar-refractivity contribution is 0.604. The summed E-state index contributed by atoms with van der Waals surface area (Å²) < 4.78 is 22.0. The topological polar surface area (TPSA) is 59.9 Å². The van der Waals surface area contributed by atoms with Crippen LogP contribution in [0.1, 0.15) is 23.8 Å². The summed E-state index contributed by atoms with van der Waals surface area (Å²) in [7, 11) is 1.89. The van der Waals surface area contributed by atoms with Crippen LogP contribution in [-0.4, -0.2) is 29.2 Å². The van der Waals surface area contributed by atoms with Crippen molar-refractivity contribution in [2.75, 3.05) is 6.26 Å². The van der Waals surface area contributed by atoms with Crippen molar-refractivity contribution in [3.8, 4) is 0 Å². The van der Waals surface area contributed by atoms with E-state index in [1.165, 1.54) is 23.5 Å². The van der Waals surface area contributed by atoms with Crippen molar-refractivity contribution in [1.29, 1.82) is 0 Å². The van der Waals surface area contributed by atoms with Gasteiger partial charge in [0.2, 0.25) is 9.05 Å². The fourth-order valence-corrected chi connectivity index (χ4v) is 5.20. The van der Waals surface area contributed by atoms with Gasteiger partial charge < -0.3 is 0 Å². The molecular weight excluding hydrogens is 300 g/mol. The molecule has 1 aliphatic rings. The number of hydrogen-bond donors (Lipinski definition) is 0. The van der Waals surface area contributed by atoms with Gasteiger partial charge >= 0.3 is 0 Å². The maximum absolute atomic E-state index is 11.2. The van der Waals surface area contributed by atoms with Gasteiger partial charge in [-0.15, -0.1) is 11.8 Å². The van der Waals surface area contributed by atoms with E-state index in [9.17, 15) is 8.42 Å². The summed E-state index contributed by atoms with van der Waals surface area (Å²) in [5.74, 6) is 0. The van der Waals surface area contributed by atoms with Crippen LogP contribution in [0.2, 0.25) is 0 Å². The molecule has 1 aromatic rings. The maximum Gasteiger partial charge on any atom is 0.244 e. The predicted octanol–water partition coefficient (Wildman–Crippen LogP) is 2.66. The van der Waals surface area contributed by atoms with Crippen molar-refractivity contribution >= 4 is 43.3 Å².